The van der Waals surface area contributed by atoms with E-state index in [4.69, 9.17) is 4.74 Å². The van der Waals surface area contributed by atoms with Crippen LogP contribution in [0.3, 0.4) is 0 Å². The van der Waals surface area contributed by atoms with Gasteiger partial charge in [0.1, 0.15) is 5.75 Å². The predicted molar refractivity (Wildman–Crippen MR) is 132 cm³/mol. The van der Waals surface area contributed by atoms with Crippen molar-refractivity contribution in [2.24, 2.45) is 0 Å². The van der Waals surface area contributed by atoms with Gasteiger partial charge in [0.25, 0.3) is 0 Å². The number of tetrazole rings is 1. The smallest absolute Gasteiger partial charge is 0.238 e. The number of benzene rings is 2. The number of hydrogen-bond donors (Lipinski definition) is 0. The second kappa shape index (κ2) is 9.02. The predicted octanol–water partition coefficient (Wildman–Crippen LogP) is 5.00. The van der Waals surface area contributed by atoms with Crippen LogP contribution in [0, 0.1) is 13.8 Å². The number of allylic oxidation sites excluding steroid dienone is 1. The first-order valence-corrected chi connectivity index (χ1v) is 12.0. The summed E-state index contributed by atoms with van der Waals surface area (Å²) in [6.45, 7) is 12.9. The van der Waals surface area contributed by atoms with Crippen LogP contribution in [0.25, 0.3) is 11.3 Å². The first-order valence-electron chi connectivity index (χ1n) is 11.0. The monoisotopic (exact) mass is 463 g/mol. The third kappa shape index (κ3) is 4.53. The van der Waals surface area contributed by atoms with Gasteiger partial charge in [-0.15, -0.1) is 5.10 Å². The summed E-state index contributed by atoms with van der Waals surface area (Å²) in [5.74, 6) is 1.01. The maximum absolute atomic E-state index is 13.5. The highest BCUT2D eigenvalue weighted by atomic mass is 32.2. The fourth-order valence-electron chi connectivity index (χ4n) is 4.20. The van der Waals surface area contributed by atoms with Crippen LogP contribution in [0.4, 0.5) is 5.69 Å². The van der Waals surface area contributed by atoms with E-state index in [1.54, 1.807) is 4.68 Å². The Labute approximate surface area is 198 Å². The third-order valence-electron chi connectivity index (χ3n) is 5.84. The van der Waals surface area contributed by atoms with Gasteiger partial charge in [-0.1, -0.05) is 23.9 Å². The van der Waals surface area contributed by atoms with Gasteiger partial charge in [-0.25, -0.2) is 0 Å². The number of anilines is 1. The van der Waals surface area contributed by atoms with Crippen molar-refractivity contribution in [1.29, 1.82) is 0 Å². The molecule has 7 nitrogen and oxygen atoms in total. The number of carbonyl (C=O) groups is 1. The lowest BCUT2D eigenvalue weighted by molar-refractivity contribution is -0.116. The lowest BCUT2D eigenvalue weighted by Crippen LogP contribution is -2.49. The Balaban J connectivity index is 1.58. The van der Waals surface area contributed by atoms with Gasteiger partial charge in [0.15, 0.2) is 0 Å². The first kappa shape index (κ1) is 23.0. The SMILES string of the molecule is CCOc1ccc2c(c1)C(C)=CC(C)(C)N2C(=O)CSc1nnnn1-c1ccc(C)c(C)c1. The molecule has 1 aliphatic heterocycles. The van der Waals surface area contributed by atoms with Gasteiger partial charge in [-0.2, -0.15) is 4.68 Å². The van der Waals surface area contributed by atoms with Crippen molar-refractivity contribution in [3.63, 3.8) is 0 Å². The Kier molecular flexibility index (Phi) is 6.30. The van der Waals surface area contributed by atoms with Crippen molar-refractivity contribution in [2.75, 3.05) is 17.3 Å². The average Bonchev–Trinajstić information content (AvgIpc) is 3.23. The second-order valence-corrected chi connectivity index (χ2v) is 9.70. The van der Waals surface area contributed by atoms with Crippen LogP contribution in [-0.4, -0.2) is 44.0 Å². The molecule has 0 unspecified atom stereocenters. The molecule has 1 amide bonds. The highest BCUT2D eigenvalue weighted by Crippen LogP contribution is 2.41. The van der Waals surface area contributed by atoms with Crippen LogP contribution >= 0.6 is 11.8 Å². The molecule has 2 aromatic carbocycles. The van der Waals surface area contributed by atoms with Crippen molar-refractivity contribution in [3.05, 3.63) is 59.2 Å². The molecule has 0 saturated heterocycles. The Hall–Kier alpha value is -3.13. The van der Waals surface area contributed by atoms with Crippen molar-refractivity contribution in [3.8, 4) is 11.4 Å². The molecule has 8 heteroatoms. The molecule has 172 valence electrons. The van der Waals surface area contributed by atoms with Crippen LogP contribution in [0.2, 0.25) is 0 Å². The summed E-state index contributed by atoms with van der Waals surface area (Å²) in [6, 6.07) is 12.0. The molecule has 0 N–H and O–H groups in total. The number of carbonyl (C=O) groups excluding carboxylic acids is 1. The van der Waals surface area contributed by atoms with E-state index in [0.717, 1.165) is 33.8 Å². The zero-order chi connectivity index (χ0) is 23.8. The molecule has 0 saturated carbocycles. The minimum atomic E-state index is -0.456. The highest BCUT2D eigenvalue weighted by Gasteiger charge is 2.36. The Morgan fingerprint density at radius 3 is 2.61 bits per heavy atom. The van der Waals surface area contributed by atoms with Gasteiger partial charge >= 0.3 is 0 Å². The van der Waals surface area contributed by atoms with Crippen molar-refractivity contribution in [1.82, 2.24) is 20.2 Å². The summed E-state index contributed by atoms with van der Waals surface area (Å²) in [7, 11) is 0. The lowest BCUT2D eigenvalue weighted by Gasteiger charge is -2.41. The normalized spacial score (nSPS) is 14.6. The summed E-state index contributed by atoms with van der Waals surface area (Å²) < 4.78 is 7.35. The summed E-state index contributed by atoms with van der Waals surface area (Å²) in [5, 5.41) is 12.7. The topological polar surface area (TPSA) is 73.1 Å². The standard InChI is InChI=1S/C25H29N5O2S/c1-7-32-20-10-11-22-21(13-20)18(4)14-25(5,6)29(22)23(31)15-33-24-26-27-28-30(24)19-9-8-16(2)17(3)12-19/h8-14H,7,15H2,1-6H3. The number of amides is 1. The van der Waals surface area contributed by atoms with E-state index in [2.05, 4.69) is 56.2 Å². The third-order valence-corrected chi connectivity index (χ3v) is 6.74. The zero-order valence-electron chi connectivity index (χ0n) is 19.9. The van der Waals surface area contributed by atoms with Crippen LogP contribution in [0.5, 0.6) is 5.75 Å². The molecule has 0 atom stereocenters. The summed E-state index contributed by atoms with van der Waals surface area (Å²) >= 11 is 1.34. The molecule has 2 heterocycles. The molecule has 0 fully saturated rings. The number of aromatic nitrogens is 4. The minimum absolute atomic E-state index is 0.00574. The summed E-state index contributed by atoms with van der Waals surface area (Å²) in [5.41, 5.74) is 5.83. The van der Waals surface area contributed by atoms with Crippen molar-refractivity contribution in [2.45, 2.75) is 52.2 Å². The highest BCUT2D eigenvalue weighted by molar-refractivity contribution is 7.99. The Morgan fingerprint density at radius 1 is 1.09 bits per heavy atom. The van der Waals surface area contributed by atoms with Gasteiger partial charge in [0.2, 0.25) is 11.1 Å². The molecule has 0 spiro atoms. The average molecular weight is 464 g/mol. The van der Waals surface area contributed by atoms with E-state index in [-0.39, 0.29) is 11.7 Å². The number of nitrogens with zero attached hydrogens (tertiary/aromatic N) is 5. The first-order chi connectivity index (χ1) is 15.7. The molecular weight excluding hydrogens is 434 g/mol. The van der Waals surface area contributed by atoms with E-state index in [1.807, 2.05) is 48.2 Å². The van der Waals surface area contributed by atoms with E-state index >= 15 is 0 Å². The van der Waals surface area contributed by atoms with Gasteiger partial charge in [0.05, 0.1) is 29.3 Å². The molecule has 4 rings (SSSR count). The fourth-order valence-corrected chi connectivity index (χ4v) is 4.94. The number of fused-ring (bicyclic) bond motifs is 1. The molecule has 33 heavy (non-hydrogen) atoms. The van der Waals surface area contributed by atoms with E-state index in [9.17, 15) is 4.79 Å². The molecular formula is C25H29N5O2S. The van der Waals surface area contributed by atoms with Crippen LogP contribution in [0.15, 0.2) is 47.6 Å². The van der Waals surface area contributed by atoms with E-state index in [0.29, 0.717) is 11.8 Å². The maximum atomic E-state index is 13.5. The van der Waals surface area contributed by atoms with Gasteiger partial charge in [-0.3, -0.25) is 4.79 Å². The molecule has 1 aliphatic rings. The lowest BCUT2D eigenvalue weighted by atomic mass is 9.88. The van der Waals surface area contributed by atoms with Gasteiger partial charge in [-0.05, 0) is 99.0 Å². The number of thioether (sulfide) groups is 1. The zero-order valence-corrected chi connectivity index (χ0v) is 20.7. The molecule has 0 aliphatic carbocycles. The molecule has 3 aromatic rings. The largest absolute Gasteiger partial charge is 0.494 e. The number of rotatable bonds is 6. The summed E-state index contributed by atoms with van der Waals surface area (Å²) in [6.07, 6.45) is 2.13. The molecule has 0 bridgehead atoms. The minimum Gasteiger partial charge on any atom is -0.494 e. The summed E-state index contributed by atoms with van der Waals surface area (Å²) in [4.78, 5) is 15.4. The van der Waals surface area contributed by atoms with Crippen molar-refractivity contribution >= 4 is 28.9 Å². The molecule has 0 radical (unpaired) electrons. The van der Waals surface area contributed by atoms with E-state index in [1.165, 1.54) is 17.3 Å². The van der Waals surface area contributed by atoms with Crippen LogP contribution in [-0.2, 0) is 4.79 Å². The quantitative estimate of drug-likeness (QED) is 0.479. The maximum Gasteiger partial charge on any atom is 0.238 e. The van der Waals surface area contributed by atoms with Gasteiger partial charge in [0, 0.05) is 5.56 Å². The number of ether oxygens (including phenoxy) is 1. The number of hydrogen-bond acceptors (Lipinski definition) is 6. The van der Waals surface area contributed by atoms with E-state index < -0.39 is 5.54 Å². The van der Waals surface area contributed by atoms with Crippen LogP contribution in [0.1, 0.15) is 44.4 Å². The Morgan fingerprint density at radius 2 is 1.88 bits per heavy atom. The second-order valence-electron chi connectivity index (χ2n) is 8.75. The van der Waals surface area contributed by atoms with Crippen molar-refractivity contribution < 1.29 is 9.53 Å². The fraction of sp³-hybridized carbons (Fsp3) is 0.360. The van der Waals surface area contributed by atoms with Gasteiger partial charge < -0.3 is 9.64 Å². The molecule has 1 aromatic heterocycles. The Bertz CT molecular complexity index is 1230. The number of aryl methyl sites for hydroxylation is 2. The van der Waals surface area contributed by atoms with Crippen LogP contribution < -0.4 is 9.64 Å².